The molecule has 4 rings (SSSR count). The number of thiophene rings is 1. The molecule has 28 heavy (non-hydrogen) atoms. The van der Waals surface area contributed by atoms with Crippen LogP contribution < -0.4 is 10.3 Å². The number of hydrogen-bond donors (Lipinski definition) is 1. The number of H-pyrrole nitrogens is 1. The largest absolute Gasteiger partial charge is 0.497 e. The van der Waals surface area contributed by atoms with Gasteiger partial charge in [0.05, 0.1) is 24.6 Å². The highest BCUT2D eigenvalue weighted by atomic mass is 32.1. The van der Waals surface area contributed by atoms with Crippen LogP contribution in [0.25, 0.3) is 10.9 Å². The second kappa shape index (κ2) is 8.16. The van der Waals surface area contributed by atoms with Crippen molar-refractivity contribution in [1.29, 1.82) is 0 Å². The molecular formula is C21H22N2O4S. The summed E-state index contributed by atoms with van der Waals surface area (Å²) >= 11 is 1.41. The van der Waals surface area contributed by atoms with E-state index < -0.39 is 0 Å². The van der Waals surface area contributed by atoms with Crippen molar-refractivity contribution in [3.63, 3.8) is 0 Å². The molecule has 0 spiro atoms. The van der Waals surface area contributed by atoms with Crippen LogP contribution in [0.1, 0.15) is 28.1 Å². The zero-order valence-corrected chi connectivity index (χ0v) is 16.5. The maximum absolute atomic E-state index is 13.0. The number of carbonyl (C=O) groups is 1. The summed E-state index contributed by atoms with van der Waals surface area (Å²) < 4.78 is 11.0. The number of methoxy groups -OCH3 is 1. The second-order valence-corrected chi connectivity index (χ2v) is 7.82. The zero-order chi connectivity index (χ0) is 19.5. The Hall–Kier alpha value is -2.64. The number of ether oxygens (including phenoxy) is 2. The van der Waals surface area contributed by atoms with Crippen LogP contribution in [0.3, 0.4) is 0 Å². The number of fused-ring (bicyclic) bond motifs is 1. The first kappa shape index (κ1) is 18.7. The van der Waals surface area contributed by atoms with Crippen molar-refractivity contribution in [2.24, 2.45) is 0 Å². The van der Waals surface area contributed by atoms with Crippen LogP contribution >= 0.6 is 11.3 Å². The molecule has 1 atom stereocenters. The molecule has 1 aliphatic heterocycles. The zero-order valence-electron chi connectivity index (χ0n) is 15.6. The van der Waals surface area contributed by atoms with Gasteiger partial charge in [-0.1, -0.05) is 6.07 Å². The smallest absolute Gasteiger partial charge is 0.264 e. The third-order valence-corrected chi connectivity index (χ3v) is 5.81. The molecule has 146 valence electrons. The molecule has 7 heteroatoms. The summed E-state index contributed by atoms with van der Waals surface area (Å²) in [6.07, 6.45) is 1.95. The molecule has 0 radical (unpaired) electrons. The van der Waals surface area contributed by atoms with E-state index in [1.54, 1.807) is 12.0 Å². The molecule has 1 N–H and O–H groups in total. The highest BCUT2D eigenvalue weighted by Crippen LogP contribution is 2.21. The number of amides is 1. The van der Waals surface area contributed by atoms with Crippen molar-refractivity contribution in [3.8, 4) is 5.75 Å². The van der Waals surface area contributed by atoms with E-state index in [1.807, 2.05) is 41.8 Å². The Morgan fingerprint density at radius 3 is 2.96 bits per heavy atom. The molecule has 2 aromatic heterocycles. The molecule has 0 bridgehead atoms. The lowest BCUT2D eigenvalue weighted by Gasteiger charge is -2.25. The van der Waals surface area contributed by atoms with E-state index in [1.165, 1.54) is 11.3 Å². The van der Waals surface area contributed by atoms with E-state index in [9.17, 15) is 9.59 Å². The van der Waals surface area contributed by atoms with Crippen molar-refractivity contribution < 1.29 is 14.3 Å². The molecule has 1 saturated heterocycles. The van der Waals surface area contributed by atoms with E-state index in [0.29, 0.717) is 17.0 Å². The Morgan fingerprint density at radius 2 is 2.25 bits per heavy atom. The lowest BCUT2D eigenvalue weighted by molar-refractivity contribution is 0.0510. The molecule has 1 amide bonds. The van der Waals surface area contributed by atoms with Gasteiger partial charge in [0.2, 0.25) is 0 Å². The van der Waals surface area contributed by atoms with Crippen LogP contribution in [0.5, 0.6) is 5.75 Å². The maximum Gasteiger partial charge on any atom is 0.264 e. The Bertz CT molecular complexity index is 1020. The Balaban J connectivity index is 1.65. The third-order valence-electron chi connectivity index (χ3n) is 4.96. The summed E-state index contributed by atoms with van der Waals surface area (Å²) in [5.41, 5.74) is 1.10. The highest BCUT2D eigenvalue weighted by Gasteiger charge is 2.25. The van der Waals surface area contributed by atoms with Crippen molar-refractivity contribution >= 4 is 28.1 Å². The fraction of sp³-hybridized carbons (Fsp3) is 0.333. The average molecular weight is 398 g/mol. The monoisotopic (exact) mass is 398 g/mol. The number of hydrogen-bond acceptors (Lipinski definition) is 5. The Kier molecular flexibility index (Phi) is 5.45. The van der Waals surface area contributed by atoms with Crippen molar-refractivity contribution in [2.75, 3.05) is 20.3 Å². The predicted molar refractivity (Wildman–Crippen MR) is 109 cm³/mol. The molecule has 1 unspecified atom stereocenters. The van der Waals surface area contributed by atoms with Gasteiger partial charge in [-0.15, -0.1) is 11.3 Å². The summed E-state index contributed by atoms with van der Waals surface area (Å²) in [6, 6.07) is 11.0. The fourth-order valence-corrected chi connectivity index (χ4v) is 4.18. The van der Waals surface area contributed by atoms with Crippen LogP contribution in [0.2, 0.25) is 0 Å². The quantitative estimate of drug-likeness (QED) is 0.691. The molecule has 0 aliphatic carbocycles. The minimum atomic E-state index is -0.186. The number of nitrogens with one attached hydrogen (secondary N) is 1. The lowest BCUT2D eigenvalue weighted by Crippen LogP contribution is -2.38. The fourth-order valence-electron chi connectivity index (χ4n) is 3.49. The number of aromatic nitrogens is 1. The summed E-state index contributed by atoms with van der Waals surface area (Å²) in [5.74, 6) is 0.645. The van der Waals surface area contributed by atoms with Gasteiger partial charge in [0.25, 0.3) is 11.5 Å². The van der Waals surface area contributed by atoms with Crippen LogP contribution in [0.15, 0.2) is 46.6 Å². The van der Waals surface area contributed by atoms with Crippen LogP contribution in [-0.4, -0.2) is 42.2 Å². The van der Waals surface area contributed by atoms with E-state index in [-0.39, 0.29) is 24.1 Å². The summed E-state index contributed by atoms with van der Waals surface area (Å²) in [4.78, 5) is 30.9. The van der Waals surface area contributed by atoms with Gasteiger partial charge in [-0.25, -0.2) is 0 Å². The second-order valence-electron chi connectivity index (χ2n) is 6.87. The number of pyridine rings is 1. The minimum absolute atomic E-state index is 0.0172. The lowest BCUT2D eigenvalue weighted by atomic mass is 10.1. The molecular weight excluding hydrogens is 376 g/mol. The maximum atomic E-state index is 13.0. The molecule has 6 nitrogen and oxygen atoms in total. The third kappa shape index (κ3) is 3.95. The van der Waals surface area contributed by atoms with Gasteiger partial charge in [-0.3, -0.25) is 9.59 Å². The van der Waals surface area contributed by atoms with Crippen LogP contribution in [0, 0.1) is 0 Å². The van der Waals surface area contributed by atoms with Crippen LogP contribution in [0.4, 0.5) is 0 Å². The summed E-state index contributed by atoms with van der Waals surface area (Å²) in [5, 5.41) is 2.75. The van der Waals surface area contributed by atoms with Crippen LogP contribution in [-0.2, 0) is 11.3 Å². The number of rotatable bonds is 6. The number of benzene rings is 1. The van der Waals surface area contributed by atoms with Gasteiger partial charge in [-0.05, 0) is 48.6 Å². The first-order valence-corrected chi connectivity index (χ1v) is 10.2. The van der Waals surface area contributed by atoms with Gasteiger partial charge in [0, 0.05) is 29.6 Å². The van der Waals surface area contributed by atoms with E-state index in [4.69, 9.17) is 9.47 Å². The van der Waals surface area contributed by atoms with Crippen molar-refractivity contribution in [2.45, 2.75) is 25.5 Å². The Morgan fingerprint density at radius 1 is 1.36 bits per heavy atom. The Labute approximate surface area is 166 Å². The van der Waals surface area contributed by atoms with Crippen molar-refractivity contribution in [1.82, 2.24) is 9.88 Å². The van der Waals surface area contributed by atoms with E-state index in [2.05, 4.69) is 4.98 Å². The summed E-state index contributed by atoms with van der Waals surface area (Å²) in [7, 11) is 1.61. The topological polar surface area (TPSA) is 71.6 Å². The van der Waals surface area contributed by atoms with E-state index >= 15 is 0 Å². The number of carbonyl (C=O) groups excluding carboxylic acids is 1. The van der Waals surface area contributed by atoms with Gasteiger partial charge in [0.15, 0.2) is 0 Å². The van der Waals surface area contributed by atoms with Crippen molar-refractivity contribution in [3.05, 3.63) is 62.6 Å². The normalized spacial score (nSPS) is 16.4. The molecule has 3 heterocycles. The molecule has 1 fully saturated rings. The van der Waals surface area contributed by atoms with Gasteiger partial charge in [-0.2, -0.15) is 0 Å². The van der Waals surface area contributed by atoms with Gasteiger partial charge in [0.1, 0.15) is 5.75 Å². The number of nitrogens with zero attached hydrogens (tertiary/aromatic N) is 1. The molecule has 1 aliphatic rings. The van der Waals surface area contributed by atoms with Gasteiger partial charge < -0.3 is 19.4 Å². The number of aromatic amines is 1. The highest BCUT2D eigenvalue weighted by molar-refractivity contribution is 7.12. The minimum Gasteiger partial charge on any atom is -0.497 e. The average Bonchev–Trinajstić information content (AvgIpc) is 3.41. The molecule has 1 aromatic carbocycles. The van der Waals surface area contributed by atoms with E-state index in [0.717, 1.165) is 36.1 Å². The first-order valence-electron chi connectivity index (χ1n) is 9.28. The summed E-state index contributed by atoms with van der Waals surface area (Å²) in [6.45, 7) is 1.44. The standard InChI is InChI=1S/C21H22N2O4S/c1-26-16-6-7-18-14(11-16)10-15(20(24)22-18)12-23(13-17-4-2-8-27-17)21(25)19-5-3-9-28-19/h3,5-7,9-11,17H,2,4,8,12-13H2,1H3,(H,22,24). The SMILES string of the molecule is COc1ccc2[nH]c(=O)c(CN(CC3CCCO3)C(=O)c3cccs3)cc2c1. The van der Waals surface area contributed by atoms with Gasteiger partial charge >= 0.3 is 0 Å². The predicted octanol–water partition coefficient (Wildman–Crippen LogP) is 3.42. The first-order chi connectivity index (χ1) is 13.6. The molecule has 3 aromatic rings. The molecule has 0 saturated carbocycles.